The highest BCUT2D eigenvalue weighted by atomic mass is 15.2. The summed E-state index contributed by atoms with van der Waals surface area (Å²) in [7, 11) is 0. The van der Waals surface area contributed by atoms with Crippen molar-refractivity contribution in [2.24, 2.45) is 0 Å². The van der Waals surface area contributed by atoms with Gasteiger partial charge in [0.05, 0.1) is 5.69 Å². The summed E-state index contributed by atoms with van der Waals surface area (Å²) in [4.78, 5) is 11.1. The number of anilines is 1. The maximum atomic E-state index is 4.42. The molecule has 5 heteroatoms. The highest BCUT2D eigenvalue weighted by molar-refractivity contribution is 5.86. The molecule has 3 heterocycles. The van der Waals surface area contributed by atoms with Crippen molar-refractivity contribution in [1.82, 2.24) is 20.2 Å². The predicted molar refractivity (Wildman–Crippen MR) is 67.1 cm³/mol. The quantitative estimate of drug-likeness (QED) is 0.816. The third-order valence-electron chi connectivity index (χ3n) is 3.40. The molecule has 1 saturated heterocycles. The number of aromatic amines is 1. The van der Waals surface area contributed by atoms with Crippen LogP contribution in [0, 0.1) is 6.92 Å². The lowest BCUT2D eigenvalue weighted by atomic mass is 10.2. The molecule has 5 nitrogen and oxygen atoms in total. The van der Waals surface area contributed by atoms with Gasteiger partial charge in [0.15, 0.2) is 11.3 Å². The Morgan fingerprint density at radius 3 is 2.59 bits per heavy atom. The summed E-state index contributed by atoms with van der Waals surface area (Å²) in [6.07, 6.45) is 6.78. The van der Waals surface area contributed by atoms with E-state index in [0.717, 1.165) is 35.6 Å². The number of fused-ring (bicyclic) bond motifs is 1. The fraction of sp³-hybridized carbons (Fsp3) is 0.583. The number of aromatic nitrogens is 4. The highest BCUT2D eigenvalue weighted by Gasteiger charge is 2.16. The van der Waals surface area contributed by atoms with E-state index < -0.39 is 0 Å². The van der Waals surface area contributed by atoms with Crippen LogP contribution in [-0.4, -0.2) is 33.3 Å². The molecule has 3 rings (SSSR count). The maximum Gasteiger partial charge on any atom is 0.160 e. The monoisotopic (exact) mass is 231 g/mol. The lowest BCUT2D eigenvalue weighted by Crippen LogP contribution is -2.25. The Morgan fingerprint density at radius 1 is 1.06 bits per heavy atom. The topological polar surface area (TPSA) is 57.7 Å². The Hall–Kier alpha value is -1.65. The summed E-state index contributed by atoms with van der Waals surface area (Å²) in [6, 6.07) is 0. The van der Waals surface area contributed by atoms with Crippen LogP contribution in [0.1, 0.15) is 31.4 Å². The first-order chi connectivity index (χ1) is 8.36. The standard InChI is InChI=1S/C12H17N5/c1-9-10-11(16-15-9)12(14-8-13-10)17-6-4-2-3-5-7-17/h8H,2-7H2,1H3,(H,15,16). The second kappa shape index (κ2) is 4.31. The van der Waals surface area contributed by atoms with Crippen LogP contribution in [0.3, 0.4) is 0 Å². The summed E-state index contributed by atoms with van der Waals surface area (Å²) in [5.74, 6) is 0.987. The predicted octanol–water partition coefficient (Wildman–Crippen LogP) is 2.04. The molecule has 1 aliphatic heterocycles. The first-order valence-corrected chi connectivity index (χ1v) is 6.27. The van der Waals surface area contributed by atoms with E-state index in [1.54, 1.807) is 6.33 Å². The fourth-order valence-corrected chi connectivity index (χ4v) is 2.45. The SMILES string of the molecule is Cc1[nH]nc2c(N3CCCCCC3)ncnc12. The molecule has 0 spiro atoms. The molecule has 0 amide bonds. The van der Waals surface area contributed by atoms with Crippen molar-refractivity contribution in [3.63, 3.8) is 0 Å². The van der Waals surface area contributed by atoms with Crippen LogP contribution < -0.4 is 4.90 Å². The van der Waals surface area contributed by atoms with Gasteiger partial charge in [-0.2, -0.15) is 5.10 Å². The van der Waals surface area contributed by atoms with Gasteiger partial charge in [-0.15, -0.1) is 0 Å². The van der Waals surface area contributed by atoms with Gasteiger partial charge in [0.25, 0.3) is 0 Å². The second-order valence-corrected chi connectivity index (χ2v) is 4.64. The first kappa shape index (κ1) is 10.5. The lowest BCUT2D eigenvalue weighted by molar-refractivity contribution is 0.726. The number of rotatable bonds is 1. The van der Waals surface area contributed by atoms with Crippen molar-refractivity contribution in [2.45, 2.75) is 32.6 Å². The minimum Gasteiger partial charge on any atom is -0.355 e. The van der Waals surface area contributed by atoms with Crippen molar-refractivity contribution >= 4 is 16.9 Å². The van der Waals surface area contributed by atoms with Gasteiger partial charge in [-0.25, -0.2) is 9.97 Å². The molecule has 0 unspecified atom stereocenters. The van der Waals surface area contributed by atoms with E-state index in [1.807, 2.05) is 6.92 Å². The van der Waals surface area contributed by atoms with Crippen LogP contribution >= 0.6 is 0 Å². The molecular weight excluding hydrogens is 214 g/mol. The molecule has 1 aliphatic rings. The van der Waals surface area contributed by atoms with E-state index in [9.17, 15) is 0 Å². The normalized spacial score (nSPS) is 17.4. The minimum absolute atomic E-state index is 0.909. The third kappa shape index (κ3) is 1.85. The number of aryl methyl sites for hydroxylation is 1. The Morgan fingerprint density at radius 2 is 1.82 bits per heavy atom. The summed E-state index contributed by atoms with van der Waals surface area (Å²) >= 11 is 0. The molecule has 0 aliphatic carbocycles. The lowest BCUT2D eigenvalue weighted by Gasteiger charge is -2.20. The van der Waals surface area contributed by atoms with E-state index >= 15 is 0 Å². The van der Waals surface area contributed by atoms with Crippen LogP contribution in [0.2, 0.25) is 0 Å². The highest BCUT2D eigenvalue weighted by Crippen LogP contribution is 2.24. The van der Waals surface area contributed by atoms with Gasteiger partial charge in [-0.05, 0) is 19.8 Å². The van der Waals surface area contributed by atoms with Crippen molar-refractivity contribution in [3.8, 4) is 0 Å². The molecule has 2 aromatic heterocycles. The minimum atomic E-state index is 0.909. The molecule has 0 aromatic carbocycles. The van der Waals surface area contributed by atoms with Crippen LogP contribution in [0.5, 0.6) is 0 Å². The summed E-state index contributed by atoms with van der Waals surface area (Å²) in [5, 5.41) is 7.32. The zero-order valence-electron chi connectivity index (χ0n) is 10.1. The second-order valence-electron chi connectivity index (χ2n) is 4.64. The maximum absolute atomic E-state index is 4.42. The van der Waals surface area contributed by atoms with Crippen LogP contribution in [0.4, 0.5) is 5.82 Å². The van der Waals surface area contributed by atoms with Gasteiger partial charge < -0.3 is 4.90 Å². The average molecular weight is 231 g/mol. The molecule has 1 N–H and O–H groups in total. The van der Waals surface area contributed by atoms with Crippen LogP contribution in [0.15, 0.2) is 6.33 Å². The van der Waals surface area contributed by atoms with Gasteiger partial charge in [-0.3, -0.25) is 5.10 Å². The van der Waals surface area contributed by atoms with Crippen LogP contribution in [-0.2, 0) is 0 Å². The zero-order valence-corrected chi connectivity index (χ0v) is 10.1. The average Bonchev–Trinajstić information content (AvgIpc) is 2.59. The molecule has 1 fully saturated rings. The van der Waals surface area contributed by atoms with E-state index in [-0.39, 0.29) is 0 Å². The summed E-state index contributed by atoms with van der Waals surface area (Å²) in [5.41, 5.74) is 2.87. The molecule has 0 bridgehead atoms. The molecule has 90 valence electrons. The third-order valence-corrected chi connectivity index (χ3v) is 3.40. The molecule has 0 atom stereocenters. The molecule has 17 heavy (non-hydrogen) atoms. The van der Waals surface area contributed by atoms with Crippen molar-refractivity contribution in [2.75, 3.05) is 18.0 Å². The Kier molecular flexibility index (Phi) is 2.66. The zero-order chi connectivity index (χ0) is 11.7. The Balaban J connectivity index is 2.03. The molecule has 0 radical (unpaired) electrons. The van der Waals surface area contributed by atoms with Gasteiger partial charge in [0, 0.05) is 13.1 Å². The summed E-state index contributed by atoms with van der Waals surface area (Å²) < 4.78 is 0. The van der Waals surface area contributed by atoms with Gasteiger partial charge in [-0.1, -0.05) is 12.8 Å². The Bertz CT molecular complexity index is 511. The smallest absolute Gasteiger partial charge is 0.160 e. The largest absolute Gasteiger partial charge is 0.355 e. The van der Waals surface area contributed by atoms with E-state index in [1.165, 1.54) is 25.7 Å². The van der Waals surface area contributed by atoms with Crippen molar-refractivity contribution < 1.29 is 0 Å². The van der Waals surface area contributed by atoms with Gasteiger partial charge in [0.2, 0.25) is 0 Å². The van der Waals surface area contributed by atoms with Crippen molar-refractivity contribution in [3.05, 3.63) is 12.0 Å². The number of nitrogens with zero attached hydrogens (tertiary/aromatic N) is 4. The Labute approximate surface area is 100 Å². The molecule has 2 aromatic rings. The first-order valence-electron chi connectivity index (χ1n) is 6.27. The van der Waals surface area contributed by atoms with Crippen LogP contribution in [0.25, 0.3) is 11.0 Å². The summed E-state index contributed by atoms with van der Waals surface area (Å²) in [6.45, 7) is 4.16. The molecule has 0 saturated carbocycles. The molecular formula is C12H17N5. The number of H-pyrrole nitrogens is 1. The van der Waals surface area contributed by atoms with E-state index in [0.29, 0.717) is 0 Å². The van der Waals surface area contributed by atoms with Gasteiger partial charge >= 0.3 is 0 Å². The number of nitrogens with one attached hydrogen (secondary N) is 1. The van der Waals surface area contributed by atoms with E-state index in [2.05, 4.69) is 25.1 Å². The number of hydrogen-bond donors (Lipinski definition) is 1. The fourth-order valence-electron chi connectivity index (χ4n) is 2.45. The number of hydrogen-bond acceptors (Lipinski definition) is 4. The van der Waals surface area contributed by atoms with Crippen molar-refractivity contribution in [1.29, 1.82) is 0 Å². The van der Waals surface area contributed by atoms with Gasteiger partial charge in [0.1, 0.15) is 11.8 Å². The van der Waals surface area contributed by atoms with E-state index in [4.69, 9.17) is 0 Å².